The Morgan fingerprint density at radius 1 is 1.18 bits per heavy atom. The molecule has 0 unspecified atom stereocenters. The van der Waals surface area contributed by atoms with E-state index in [1.165, 1.54) is 0 Å². The molecule has 0 spiro atoms. The van der Waals surface area contributed by atoms with Gasteiger partial charge in [-0.3, -0.25) is 4.79 Å². The molecule has 1 aromatic carbocycles. The van der Waals surface area contributed by atoms with E-state index in [9.17, 15) is 9.59 Å². The van der Waals surface area contributed by atoms with Gasteiger partial charge in [-0.1, -0.05) is 17.7 Å². The van der Waals surface area contributed by atoms with Crippen LogP contribution in [0.3, 0.4) is 0 Å². The number of aliphatic carboxylic acids is 1. The Hall–Kier alpha value is -2.10. The Morgan fingerprint density at radius 3 is 2.00 bits per heavy atom. The summed E-state index contributed by atoms with van der Waals surface area (Å²) in [6.07, 6.45) is 0.951. The number of nitrogens with two attached hydrogens (primary N) is 1. The summed E-state index contributed by atoms with van der Waals surface area (Å²) < 4.78 is 0. The highest BCUT2D eigenvalue weighted by Crippen LogP contribution is 2.24. The quantitative estimate of drug-likeness (QED) is 0.777. The first kappa shape index (κ1) is 13.0. The van der Waals surface area contributed by atoms with Crippen molar-refractivity contribution < 1.29 is 14.7 Å². The van der Waals surface area contributed by atoms with Crippen molar-refractivity contribution in [3.05, 3.63) is 40.5 Å². The summed E-state index contributed by atoms with van der Waals surface area (Å²) in [7, 11) is 0. The maximum absolute atomic E-state index is 11.1. The molecule has 90 valence electrons. The maximum atomic E-state index is 11.1. The molecule has 1 rings (SSSR count). The minimum absolute atomic E-state index is 0.0625. The highest BCUT2D eigenvalue weighted by molar-refractivity contribution is 6.20. The van der Waals surface area contributed by atoms with Crippen LogP contribution in [0, 0.1) is 20.8 Å². The fraction of sp³-hybridized carbons (Fsp3) is 0.231. The van der Waals surface area contributed by atoms with Gasteiger partial charge in [0.1, 0.15) is 0 Å². The molecule has 0 aliphatic rings. The van der Waals surface area contributed by atoms with Gasteiger partial charge in [0.15, 0.2) is 0 Å². The van der Waals surface area contributed by atoms with Crippen molar-refractivity contribution in [3.63, 3.8) is 0 Å². The maximum Gasteiger partial charge on any atom is 0.336 e. The molecule has 0 atom stereocenters. The van der Waals surface area contributed by atoms with E-state index >= 15 is 0 Å². The van der Waals surface area contributed by atoms with Crippen LogP contribution in [-0.2, 0) is 9.59 Å². The largest absolute Gasteiger partial charge is 0.478 e. The van der Waals surface area contributed by atoms with Crippen LogP contribution < -0.4 is 5.73 Å². The van der Waals surface area contributed by atoms with Crippen molar-refractivity contribution in [3.8, 4) is 0 Å². The Bertz CT molecular complexity index is 492. The third kappa shape index (κ3) is 2.93. The number of primary amides is 1. The van der Waals surface area contributed by atoms with E-state index in [4.69, 9.17) is 10.8 Å². The second-order valence-corrected chi connectivity index (χ2v) is 4.04. The van der Waals surface area contributed by atoms with E-state index in [0.717, 1.165) is 22.8 Å². The fourth-order valence-electron chi connectivity index (χ4n) is 1.99. The zero-order chi connectivity index (χ0) is 13.2. The van der Waals surface area contributed by atoms with Gasteiger partial charge < -0.3 is 10.8 Å². The standard InChI is InChI=1S/C13H15NO3/c1-7-4-8(2)12(9(3)5-7)10(13(16)17)6-11(14)15/h4-6H,1-3H3,(H2,14,15)(H,16,17). The van der Waals surface area contributed by atoms with Crippen molar-refractivity contribution in [2.45, 2.75) is 20.8 Å². The topological polar surface area (TPSA) is 80.4 Å². The van der Waals surface area contributed by atoms with Crippen molar-refractivity contribution in [2.24, 2.45) is 5.73 Å². The van der Waals surface area contributed by atoms with Gasteiger partial charge >= 0.3 is 5.97 Å². The molecular formula is C13H15NO3. The highest BCUT2D eigenvalue weighted by Gasteiger charge is 2.16. The number of carboxylic acid groups (broad SMARTS) is 1. The number of hydrogen-bond donors (Lipinski definition) is 2. The minimum atomic E-state index is -1.15. The lowest BCUT2D eigenvalue weighted by Crippen LogP contribution is -2.12. The Morgan fingerprint density at radius 2 is 1.65 bits per heavy atom. The van der Waals surface area contributed by atoms with Crippen LogP contribution >= 0.6 is 0 Å². The highest BCUT2D eigenvalue weighted by atomic mass is 16.4. The smallest absolute Gasteiger partial charge is 0.336 e. The lowest BCUT2D eigenvalue weighted by atomic mass is 9.93. The first-order valence-electron chi connectivity index (χ1n) is 5.15. The Balaban J connectivity index is 3.50. The van der Waals surface area contributed by atoms with Crippen LogP contribution in [0.15, 0.2) is 18.2 Å². The average molecular weight is 233 g/mol. The molecule has 0 saturated carbocycles. The molecule has 0 heterocycles. The third-order valence-corrected chi connectivity index (χ3v) is 2.46. The van der Waals surface area contributed by atoms with E-state index in [2.05, 4.69) is 0 Å². The number of benzene rings is 1. The fourth-order valence-corrected chi connectivity index (χ4v) is 1.99. The molecule has 0 radical (unpaired) electrons. The first-order chi connectivity index (χ1) is 7.82. The SMILES string of the molecule is Cc1cc(C)c(C(=CC(N)=O)C(=O)O)c(C)c1. The van der Waals surface area contributed by atoms with Crippen molar-refractivity contribution in [2.75, 3.05) is 0 Å². The second kappa shape index (κ2) is 4.82. The van der Waals surface area contributed by atoms with E-state index in [1.54, 1.807) is 0 Å². The van der Waals surface area contributed by atoms with Gasteiger partial charge in [0.25, 0.3) is 0 Å². The summed E-state index contributed by atoms with van der Waals surface area (Å²) in [6, 6.07) is 3.75. The summed E-state index contributed by atoms with van der Waals surface area (Å²) in [4.78, 5) is 22.0. The normalized spacial score (nSPS) is 11.4. The minimum Gasteiger partial charge on any atom is -0.478 e. The lowest BCUT2D eigenvalue weighted by molar-refractivity contribution is -0.130. The average Bonchev–Trinajstić information content (AvgIpc) is 2.13. The van der Waals surface area contributed by atoms with Crippen LogP contribution in [0.5, 0.6) is 0 Å². The lowest BCUT2D eigenvalue weighted by Gasteiger charge is -2.11. The molecule has 0 aliphatic heterocycles. The predicted molar refractivity (Wildman–Crippen MR) is 65.5 cm³/mol. The number of amides is 1. The van der Waals surface area contributed by atoms with Gasteiger partial charge in [-0.2, -0.15) is 0 Å². The van der Waals surface area contributed by atoms with Crippen LogP contribution in [0.25, 0.3) is 5.57 Å². The number of carbonyl (C=O) groups excluding carboxylic acids is 1. The summed E-state index contributed by atoms with van der Waals surface area (Å²) in [5.74, 6) is -1.92. The van der Waals surface area contributed by atoms with Crippen LogP contribution in [0.1, 0.15) is 22.3 Å². The first-order valence-corrected chi connectivity index (χ1v) is 5.15. The summed E-state index contributed by atoms with van der Waals surface area (Å²) in [6.45, 7) is 5.56. The second-order valence-electron chi connectivity index (χ2n) is 4.04. The van der Waals surface area contributed by atoms with Crippen molar-refractivity contribution in [1.82, 2.24) is 0 Å². The van der Waals surface area contributed by atoms with E-state index in [1.807, 2.05) is 32.9 Å². The molecule has 0 aliphatic carbocycles. The van der Waals surface area contributed by atoms with E-state index in [0.29, 0.717) is 5.56 Å². The van der Waals surface area contributed by atoms with Crippen molar-refractivity contribution in [1.29, 1.82) is 0 Å². The van der Waals surface area contributed by atoms with Gasteiger partial charge in [-0.15, -0.1) is 0 Å². The van der Waals surface area contributed by atoms with Gasteiger partial charge in [-0.05, 0) is 37.5 Å². The number of hydrogen-bond acceptors (Lipinski definition) is 2. The van der Waals surface area contributed by atoms with Gasteiger partial charge in [0.2, 0.25) is 5.91 Å². The van der Waals surface area contributed by atoms with Gasteiger partial charge in [0.05, 0.1) is 5.57 Å². The third-order valence-electron chi connectivity index (χ3n) is 2.46. The number of carbonyl (C=O) groups is 2. The van der Waals surface area contributed by atoms with Crippen molar-refractivity contribution >= 4 is 17.4 Å². The van der Waals surface area contributed by atoms with Crippen LogP contribution in [0.2, 0.25) is 0 Å². The predicted octanol–water partition coefficient (Wildman–Crippen LogP) is 1.57. The summed E-state index contributed by atoms with van der Waals surface area (Å²) >= 11 is 0. The van der Waals surface area contributed by atoms with E-state index < -0.39 is 11.9 Å². The zero-order valence-corrected chi connectivity index (χ0v) is 10.1. The molecule has 0 saturated heterocycles. The summed E-state index contributed by atoms with van der Waals surface area (Å²) in [5, 5.41) is 9.12. The van der Waals surface area contributed by atoms with Gasteiger partial charge in [-0.25, -0.2) is 4.79 Å². The zero-order valence-electron chi connectivity index (χ0n) is 10.1. The van der Waals surface area contributed by atoms with Gasteiger partial charge in [0, 0.05) is 6.08 Å². The monoisotopic (exact) mass is 233 g/mol. The number of aryl methyl sites for hydroxylation is 3. The molecule has 17 heavy (non-hydrogen) atoms. The number of carboxylic acids is 1. The molecule has 4 nitrogen and oxygen atoms in total. The molecule has 0 fully saturated rings. The number of rotatable bonds is 3. The van der Waals surface area contributed by atoms with E-state index in [-0.39, 0.29) is 5.57 Å². The molecule has 1 aromatic rings. The van der Waals surface area contributed by atoms with Crippen LogP contribution in [0.4, 0.5) is 0 Å². The molecule has 1 amide bonds. The molecule has 4 heteroatoms. The molecular weight excluding hydrogens is 218 g/mol. The Kier molecular flexibility index (Phi) is 3.68. The summed E-state index contributed by atoms with van der Waals surface area (Å²) in [5.41, 5.74) is 8.20. The Labute approximate surface area is 99.8 Å². The van der Waals surface area contributed by atoms with Crippen LogP contribution in [-0.4, -0.2) is 17.0 Å². The molecule has 0 bridgehead atoms. The molecule has 3 N–H and O–H groups in total. The molecule has 0 aromatic heterocycles.